The van der Waals surface area contributed by atoms with Gasteiger partial charge in [-0.2, -0.15) is 0 Å². The highest BCUT2D eigenvalue weighted by molar-refractivity contribution is 5.98. The molecule has 1 aromatic heterocycles. The smallest absolute Gasteiger partial charge is 0.354 e. The molecular formula is C13H16N2O2. The van der Waals surface area contributed by atoms with Gasteiger partial charge in [0.15, 0.2) is 0 Å². The number of aryl methyl sites for hydroxylation is 1. The standard InChI is InChI=1S/C13H16N2O2/c1-17-13(16)12-10(6-4-8-14)9-5-2-3-7-11(9)15-12/h2-3,5,7,15H,4,6,8,14H2,1H3. The summed E-state index contributed by atoms with van der Waals surface area (Å²) in [5.74, 6) is -0.326. The maximum atomic E-state index is 11.7. The molecule has 0 radical (unpaired) electrons. The van der Waals surface area contributed by atoms with Gasteiger partial charge in [0.1, 0.15) is 5.69 Å². The van der Waals surface area contributed by atoms with E-state index in [1.807, 2.05) is 24.3 Å². The summed E-state index contributed by atoms with van der Waals surface area (Å²) in [6.07, 6.45) is 1.64. The summed E-state index contributed by atoms with van der Waals surface area (Å²) >= 11 is 0. The predicted molar refractivity (Wildman–Crippen MR) is 67.0 cm³/mol. The molecule has 4 heteroatoms. The summed E-state index contributed by atoms with van der Waals surface area (Å²) in [7, 11) is 1.39. The van der Waals surface area contributed by atoms with Crippen LogP contribution in [0.3, 0.4) is 0 Å². The number of H-pyrrole nitrogens is 1. The molecule has 0 unspecified atom stereocenters. The van der Waals surface area contributed by atoms with Gasteiger partial charge < -0.3 is 15.5 Å². The van der Waals surface area contributed by atoms with Crippen LogP contribution < -0.4 is 5.73 Å². The molecule has 17 heavy (non-hydrogen) atoms. The van der Waals surface area contributed by atoms with E-state index in [1.54, 1.807) is 0 Å². The zero-order valence-electron chi connectivity index (χ0n) is 9.82. The topological polar surface area (TPSA) is 68.1 Å². The second-order valence-corrected chi connectivity index (χ2v) is 3.91. The number of nitrogens with two attached hydrogens (primary N) is 1. The highest BCUT2D eigenvalue weighted by Gasteiger charge is 2.17. The van der Waals surface area contributed by atoms with Crippen LogP contribution in [-0.2, 0) is 11.2 Å². The van der Waals surface area contributed by atoms with E-state index < -0.39 is 0 Å². The van der Waals surface area contributed by atoms with E-state index in [4.69, 9.17) is 10.5 Å². The van der Waals surface area contributed by atoms with Crippen molar-refractivity contribution in [2.75, 3.05) is 13.7 Å². The number of aromatic amines is 1. The van der Waals surface area contributed by atoms with E-state index in [0.717, 1.165) is 29.3 Å². The lowest BCUT2D eigenvalue weighted by atomic mass is 10.1. The van der Waals surface area contributed by atoms with Crippen molar-refractivity contribution in [3.05, 3.63) is 35.5 Å². The number of ether oxygens (including phenoxy) is 1. The number of para-hydroxylation sites is 1. The Morgan fingerprint density at radius 2 is 2.18 bits per heavy atom. The molecule has 2 rings (SSSR count). The summed E-state index contributed by atoms with van der Waals surface area (Å²) in [4.78, 5) is 14.8. The highest BCUT2D eigenvalue weighted by Crippen LogP contribution is 2.24. The SMILES string of the molecule is COC(=O)c1[nH]c2ccccc2c1CCCN. The number of methoxy groups -OCH3 is 1. The number of hydrogen-bond acceptors (Lipinski definition) is 3. The van der Waals surface area contributed by atoms with Crippen LogP contribution in [-0.4, -0.2) is 24.6 Å². The van der Waals surface area contributed by atoms with Gasteiger partial charge in [0.05, 0.1) is 7.11 Å². The summed E-state index contributed by atoms with van der Waals surface area (Å²) in [6, 6.07) is 7.85. The maximum absolute atomic E-state index is 11.7. The van der Waals surface area contributed by atoms with E-state index in [9.17, 15) is 4.79 Å². The molecule has 2 aromatic rings. The molecule has 3 N–H and O–H groups in total. The summed E-state index contributed by atoms with van der Waals surface area (Å²) in [5.41, 5.74) is 8.02. The third-order valence-corrected chi connectivity index (χ3v) is 2.83. The Hall–Kier alpha value is -1.81. The van der Waals surface area contributed by atoms with Crippen molar-refractivity contribution < 1.29 is 9.53 Å². The lowest BCUT2D eigenvalue weighted by molar-refractivity contribution is 0.0594. The minimum absolute atomic E-state index is 0.326. The minimum Gasteiger partial charge on any atom is -0.464 e. The fraction of sp³-hybridized carbons (Fsp3) is 0.308. The Kier molecular flexibility index (Phi) is 3.44. The van der Waals surface area contributed by atoms with Crippen molar-refractivity contribution in [3.8, 4) is 0 Å². The number of rotatable bonds is 4. The molecule has 0 aliphatic rings. The van der Waals surface area contributed by atoms with Crippen molar-refractivity contribution in [1.29, 1.82) is 0 Å². The van der Waals surface area contributed by atoms with Crippen LogP contribution in [0.15, 0.2) is 24.3 Å². The van der Waals surface area contributed by atoms with E-state index in [0.29, 0.717) is 12.2 Å². The second-order valence-electron chi connectivity index (χ2n) is 3.91. The summed E-state index contributed by atoms with van der Waals surface area (Å²) in [5, 5.41) is 1.07. The predicted octanol–water partition coefficient (Wildman–Crippen LogP) is 1.85. The van der Waals surface area contributed by atoms with Gasteiger partial charge >= 0.3 is 5.97 Å². The first-order valence-electron chi connectivity index (χ1n) is 5.66. The number of aromatic nitrogens is 1. The van der Waals surface area contributed by atoms with Gasteiger partial charge in [0, 0.05) is 10.9 Å². The maximum Gasteiger partial charge on any atom is 0.354 e. The van der Waals surface area contributed by atoms with Crippen molar-refractivity contribution in [3.63, 3.8) is 0 Å². The van der Waals surface area contributed by atoms with E-state index in [-0.39, 0.29) is 5.97 Å². The quantitative estimate of drug-likeness (QED) is 0.790. The van der Waals surface area contributed by atoms with Gasteiger partial charge in [-0.25, -0.2) is 4.79 Å². The van der Waals surface area contributed by atoms with Crippen molar-refractivity contribution in [2.24, 2.45) is 5.73 Å². The molecular weight excluding hydrogens is 216 g/mol. The Labute approximate surface area is 99.8 Å². The molecule has 1 aromatic carbocycles. The number of carbonyl (C=O) groups excluding carboxylic acids is 1. The lowest BCUT2D eigenvalue weighted by Crippen LogP contribution is -2.07. The average Bonchev–Trinajstić information content (AvgIpc) is 2.74. The number of hydrogen-bond donors (Lipinski definition) is 2. The van der Waals surface area contributed by atoms with Crippen molar-refractivity contribution in [1.82, 2.24) is 4.98 Å². The van der Waals surface area contributed by atoms with Crippen LogP contribution in [0, 0.1) is 0 Å². The molecule has 0 spiro atoms. The normalized spacial score (nSPS) is 10.7. The molecule has 0 aliphatic heterocycles. The highest BCUT2D eigenvalue weighted by atomic mass is 16.5. The van der Waals surface area contributed by atoms with Crippen molar-refractivity contribution in [2.45, 2.75) is 12.8 Å². The number of nitrogens with one attached hydrogen (secondary N) is 1. The van der Waals surface area contributed by atoms with E-state index in [2.05, 4.69) is 4.98 Å². The summed E-state index contributed by atoms with van der Waals surface area (Å²) < 4.78 is 4.79. The van der Waals surface area contributed by atoms with E-state index >= 15 is 0 Å². The molecule has 1 heterocycles. The van der Waals surface area contributed by atoms with Gasteiger partial charge in [-0.15, -0.1) is 0 Å². The van der Waals surface area contributed by atoms with E-state index in [1.165, 1.54) is 7.11 Å². The van der Waals surface area contributed by atoms with Gasteiger partial charge in [-0.1, -0.05) is 18.2 Å². The van der Waals surface area contributed by atoms with Crippen LogP contribution in [0.25, 0.3) is 10.9 Å². The van der Waals surface area contributed by atoms with Gasteiger partial charge in [-0.3, -0.25) is 0 Å². The molecule has 0 atom stereocenters. The van der Waals surface area contributed by atoms with Crippen LogP contribution in [0.1, 0.15) is 22.5 Å². The first-order chi connectivity index (χ1) is 8.27. The third-order valence-electron chi connectivity index (χ3n) is 2.83. The molecule has 0 saturated carbocycles. The number of esters is 1. The van der Waals surface area contributed by atoms with Crippen LogP contribution in [0.5, 0.6) is 0 Å². The molecule has 0 fully saturated rings. The average molecular weight is 232 g/mol. The zero-order valence-corrected chi connectivity index (χ0v) is 9.82. The number of fused-ring (bicyclic) bond motifs is 1. The minimum atomic E-state index is -0.326. The molecule has 0 bridgehead atoms. The Morgan fingerprint density at radius 1 is 1.41 bits per heavy atom. The summed E-state index contributed by atoms with van der Waals surface area (Å²) in [6.45, 7) is 0.611. The first-order valence-corrected chi connectivity index (χ1v) is 5.66. The molecule has 0 saturated heterocycles. The van der Waals surface area contributed by atoms with Crippen LogP contribution in [0.4, 0.5) is 0 Å². The first kappa shape index (κ1) is 11.7. The molecule has 0 aliphatic carbocycles. The third kappa shape index (κ3) is 2.17. The second kappa shape index (κ2) is 5.01. The number of carbonyl (C=O) groups is 1. The zero-order chi connectivity index (χ0) is 12.3. The van der Waals surface area contributed by atoms with Crippen molar-refractivity contribution >= 4 is 16.9 Å². The van der Waals surface area contributed by atoms with Gasteiger partial charge in [0.25, 0.3) is 0 Å². The largest absolute Gasteiger partial charge is 0.464 e. The van der Waals surface area contributed by atoms with Crippen LogP contribution in [0.2, 0.25) is 0 Å². The monoisotopic (exact) mass is 232 g/mol. The molecule has 0 amide bonds. The Bertz CT molecular complexity index is 531. The van der Waals surface area contributed by atoms with Gasteiger partial charge in [-0.05, 0) is 31.0 Å². The van der Waals surface area contributed by atoms with Gasteiger partial charge in [0.2, 0.25) is 0 Å². The fourth-order valence-electron chi connectivity index (χ4n) is 2.01. The number of benzene rings is 1. The fourth-order valence-corrected chi connectivity index (χ4v) is 2.01. The molecule has 90 valence electrons. The Morgan fingerprint density at radius 3 is 2.88 bits per heavy atom. The van der Waals surface area contributed by atoms with Crippen LogP contribution >= 0.6 is 0 Å². The lowest BCUT2D eigenvalue weighted by Gasteiger charge is -2.02. The Balaban J connectivity index is 2.52. The molecule has 4 nitrogen and oxygen atoms in total.